The first-order chi connectivity index (χ1) is 11.3. The number of hydrogen-bond acceptors (Lipinski definition) is 3. The van der Waals surface area contributed by atoms with E-state index < -0.39 is 0 Å². The number of allylic oxidation sites excluding steroid dienone is 4. The van der Waals surface area contributed by atoms with Crippen LogP contribution in [0.15, 0.2) is 58.9 Å². The van der Waals surface area contributed by atoms with Crippen LogP contribution >= 0.6 is 11.6 Å². The smallest absolute Gasteiger partial charge is 0.168 e. The standard InChI is InChI=1S/C19H21ClN2O/c1-2-11-22-12-9-15(10-13-22)5-3-4-6-18-17-8-7-16(20)14-19(17)23-21-18/h5,7-10,12-14H,2-4,6,11H2,1H3. The SMILES string of the molecule is CCCN1C=CC(=CCCCc2noc3cc(Cl)ccc23)C=C1. The van der Waals surface area contributed by atoms with Crippen LogP contribution in [0.4, 0.5) is 0 Å². The predicted octanol–water partition coefficient (Wildman–Crippen LogP) is 5.48. The molecule has 2 heterocycles. The summed E-state index contributed by atoms with van der Waals surface area (Å²) in [6.07, 6.45) is 15.0. The molecule has 0 aliphatic carbocycles. The molecule has 0 fully saturated rings. The molecule has 1 aliphatic heterocycles. The van der Waals surface area contributed by atoms with Gasteiger partial charge in [0.2, 0.25) is 0 Å². The monoisotopic (exact) mass is 328 g/mol. The van der Waals surface area contributed by atoms with Crippen molar-refractivity contribution in [2.24, 2.45) is 0 Å². The number of hydrogen-bond donors (Lipinski definition) is 0. The van der Waals surface area contributed by atoms with E-state index in [-0.39, 0.29) is 0 Å². The van der Waals surface area contributed by atoms with E-state index in [9.17, 15) is 0 Å². The van der Waals surface area contributed by atoms with Crippen molar-refractivity contribution < 1.29 is 4.52 Å². The largest absolute Gasteiger partial charge is 0.356 e. The molecule has 0 saturated carbocycles. The number of unbranched alkanes of at least 4 members (excludes halogenated alkanes) is 1. The lowest BCUT2D eigenvalue weighted by atomic mass is 10.1. The summed E-state index contributed by atoms with van der Waals surface area (Å²) in [6, 6.07) is 5.68. The summed E-state index contributed by atoms with van der Waals surface area (Å²) >= 11 is 5.96. The van der Waals surface area contributed by atoms with Crippen molar-refractivity contribution in [3.8, 4) is 0 Å². The third-order valence-electron chi connectivity index (χ3n) is 3.91. The molecule has 23 heavy (non-hydrogen) atoms. The highest BCUT2D eigenvalue weighted by molar-refractivity contribution is 6.31. The maximum Gasteiger partial charge on any atom is 0.168 e. The molecule has 1 aromatic carbocycles. The van der Waals surface area contributed by atoms with Crippen molar-refractivity contribution in [1.82, 2.24) is 10.1 Å². The fraction of sp³-hybridized carbons (Fsp3) is 0.316. The Morgan fingerprint density at radius 3 is 2.87 bits per heavy atom. The van der Waals surface area contributed by atoms with E-state index in [1.807, 2.05) is 18.2 Å². The van der Waals surface area contributed by atoms with Crippen LogP contribution in [0, 0.1) is 0 Å². The first kappa shape index (κ1) is 15.9. The lowest BCUT2D eigenvalue weighted by molar-refractivity contribution is 0.445. The van der Waals surface area contributed by atoms with Crippen LogP contribution < -0.4 is 0 Å². The van der Waals surface area contributed by atoms with Crippen LogP contribution in [0.1, 0.15) is 31.9 Å². The molecule has 0 spiro atoms. The number of fused-ring (bicyclic) bond motifs is 1. The Morgan fingerprint density at radius 1 is 1.26 bits per heavy atom. The lowest BCUT2D eigenvalue weighted by Gasteiger charge is -2.17. The Labute approximate surface area is 141 Å². The first-order valence-corrected chi connectivity index (χ1v) is 8.50. The lowest BCUT2D eigenvalue weighted by Crippen LogP contribution is -2.12. The van der Waals surface area contributed by atoms with Crippen molar-refractivity contribution >= 4 is 22.6 Å². The highest BCUT2D eigenvalue weighted by atomic mass is 35.5. The molecule has 4 heteroatoms. The van der Waals surface area contributed by atoms with Gasteiger partial charge in [0, 0.05) is 35.4 Å². The molecule has 0 atom stereocenters. The number of benzene rings is 1. The third-order valence-corrected chi connectivity index (χ3v) is 4.14. The minimum absolute atomic E-state index is 0.679. The summed E-state index contributed by atoms with van der Waals surface area (Å²) in [5, 5.41) is 5.91. The molecular formula is C19H21ClN2O. The summed E-state index contributed by atoms with van der Waals surface area (Å²) in [5.41, 5.74) is 3.05. The van der Waals surface area contributed by atoms with Gasteiger partial charge < -0.3 is 9.42 Å². The maximum atomic E-state index is 5.96. The van der Waals surface area contributed by atoms with E-state index in [1.165, 1.54) is 5.57 Å². The molecule has 1 aliphatic rings. The Hall–Kier alpha value is -2.00. The van der Waals surface area contributed by atoms with Crippen LogP contribution in [0.5, 0.6) is 0 Å². The number of halogens is 1. The van der Waals surface area contributed by atoms with Crippen molar-refractivity contribution in [2.45, 2.75) is 32.6 Å². The van der Waals surface area contributed by atoms with Crippen LogP contribution in [-0.4, -0.2) is 16.6 Å². The number of aryl methyl sites for hydroxylation is 1. The van der Waals surface area contributed by atoms with Crippen LogP contribution in [0.2, 0.25) is 5.02 Å². The maximum absolute atomic E-state index is 5.96. The second-order valence-electron chi connectivity index (χ2n) is 5.74. The Bertz CT molecular complexity index is 742. The molecule has 3 rings (SSSR count). The van der Waals surface area contributed by atoms with Crippen LogP contribution in [0.3, 0.4) is 0 Å². The first-order valence-electron chi connectivity index (χ1n) is 8.12. The van der Waals surface area contributed by atoms with E-state index in [2.05, 4.69) is 47.6 Å². The second kappa shape index (κ2) is 7.51. The average Bonchev–Trinajstić information content (AvgIpc) is 2.95. The van der Waals surface area contributed by atoms with Gasteiger partial charge in [-0.05, 0) is 55.5 Å². The van der Waals surface area contributed by atoms with Gasteiger partial charge in [0.05, 0.1) is 5.69 Å². The molecule has 120 valence electrons. The molecule has 0 N–H and O–H groups in total. The normalized spacial score (nSPS) is 14.0. The summed E-state index contributed by atoms with van der Waals surface area (Å²) < 4.78 is 5.33. The average molecular weight is 329 g/mol. The zero-order valence-electron chi connectivity index (χ0n) is 13.3. The topological polar surface area (TPSA) is 29.3 Å². The van der Waals surface area contributed by atoms with Gasteiger partial charge in [-0.15, -0.1) is 0 Å². The van der Waals surface area contributed by atoms with Gasteiger partial charge in [-0.2, -0.15) is 0 Å². The van der Waals surface area contributed by atoms with Gasteiger partial charge in [-0.25, -0.2) is 0 Å². The second-order valence-corrected chi connectivity index (χ2v) is 6.17. The molecular weight excluding hydrogens is 308 g/mol. The molecule has 2 aromatic rings. The third kappa shape index (κ3) is 4.05. The quantitative estimate of drug-likeness (QED) is 0.657. The van der Waals surface area contributed by atoms with Crippen molar-refractivity contribution in [3.63, 3.8) is 0 Å². The van der Waals surface area contributed by atoms with E-state index in [1.54, 1.807) is 0 Å². The van der Waals surface area contributed by atoms with Crippen molar-refractivity contribution in [2.75, 3.05) is 6.54 Å². The minimum Gasteiger partial charge on any atom is -0.356 e. The molecule has 0 amide bonds. The molecule has 0 radical (unpaired) electrons. The summed E-state index contributed by atoms with van der Waals surface area (Å²) in [4.78, 5) is 2.21. The fourth-order valence-corrected chi connectivity index (χ4v) is 2.86. The molecule has 3 nitrogen and oxygen atoms in total. The van der Waals surface area contributed by atoms with Gasteiger partial charge in [-0.1, -0.05) is 29.8 Å². The van der Waals surface area contributed by atoms with E-state index in [0.29, 0.717) is 5.02 Å². The molecule has 0 unspecified atom stereocenters. The van der Waals surface area contributed by atoms with Gasteiger partial charge in [0.1, 0.15) is 0 Å². The number of rotatable bonds is 6. The van der Waals surface area contributed by atoms with Gasteiger partial charge >= 0.3 is 0 Å². The van der Waals surface area contributed by atoms with Crippen LogP contribution in [0.25, 0.3) is 11.0 Å². The molecule has 0 bridgehead atoms. The van der Waals surface area contributed by atoms with Gasteiger partial charge in [0.25, 0.3) is 0 Å². The fourth-order valence-electron chi connectivity index (χ4n) is 2.69. The summed E-state index contributed by atoms with van der Waals surface area (Å²) in [6.45, 7) is 3.26. The van der Waals surface area contributed by atoms with Crippen molar-refractivity contribution in [3.05, 3.63) is 65.1 Å². The van der Waals surface area contributed by atoms with Gasteiger partial charge in [-0.3, -0.25) is 0 Å². The summed E-state index contributed by atoms with van der Waals surface area (Å²) in [7, 11) is 0. The van der Waals surface area contributed by atoms with Gasteiger partial charge in [0.15, 0.2) is 5.58 Å². The van der Waals surface area contributed by atoms with Crippen molar-refractivity contribution in [1.29, 1.82) is 0 Å². The number of aromatic nitrogens is 1. The highest BCUT2D eigenvalue weighted by Crippen LogP contribution is 2.23. The van der Waals surface area contributed by atoms with E-state index in [4.69, 9.17) is 16.1 Å². The Morgan fingerprint density at radius 2 is 2.09 bits per heavy atom. The molecule has 0 saturated heterocycles. The Balaban J connectivity index is 1.53. The highest BCUT2D eigenvalue weighted by Gasteiger charge is 2.08. The van der Waals surface area contributed by atoms with Crippen LogP contribution in [-0.2, 0) is 6.42 Å². The summed E-state index contributed by atoms with van der Waals surface area (Å²) in [5.74, 6) is 0. The zero-order valence-corrected chi connectivity index (χ0v) is 14.1. The molecule has 1 aromatic heterocycles. The predicted molar refractivity (Wildman–Crippen MR) is 95.3 cm³/mol. The Kier molecular flexibility index (Phi) is 5.19. The number of nitrogens with zero attached hydrogens (tertiary/aromatic N) is 2. The van der Waals surface area contributed by atoms with E-state index >= 15 is 0 Å². The zero-order chi connectivity index (χ0) is 16.1. The van der Waals surface area contributed by atoms with E-state index in [0.717, 1.165) is 48.9 Å². The minimum atomic E-state index is 0.679.